The Morgan fingerprint density at radius 1 is 1.22 bits per heavy atom. The van der Waals surface area contributed by atoms with E-state index in [2.05, 4.69) is 20.9 Å². The van der Waals surface area contributed by atoms with Crippen molar-refractivity contribution in [3.8, 4) is 0 Å². The van der Waals surface area contributed by atoms with Gasteiger partial charge in [-0.15, -0.1) is 0 Å². The molecule has 6 heteroatoms. The highest BCUT2D eigenvalue weighted by Gasteiger charge is 2.22. The van der Waals surface area contributed by atoms with Crippen LogP contribution >= 0.6 is 0 Å². The highest BCUT2D eigenvalue weighted by Crippen LogP contribution is 2.18. The van der Waals surface area contributed by atoms with Crippen molar-refractivity contribution in [3.63, 3.8) is 0 Å². The number of benzene rings is 1. The van der Waals surface area contributed by atoms with Gasteiger partial charge in [0.25, 0.3) is 5.91 Å². The first-order valence-corrected chi connectivity index (χ1v) is 8.22. The minimum Gasteiger partial charge on any atom is -0.358 e. The summed E-state index contributed by atoms with van der Waals surface area (Å²) in [5.74, 6) is 0.0451. The Morgan fingerprint density at radius 3 is 2.70 bits per heavy atom. The summed E-state index contributed by atoms with van der Waals surface area (Å²) < 4.78 is 0. The molecule has 1 aromatic rings. The molecule has 0 saturated carbocycles. The fraction of sp³-hybridized carbons (Fsp3) is 0.529. The van der Waals surface area contributed by atoms with Crippen LogP contribution in [0.15, 0.2) is 18.2 Å². The highest BCUT2D eigenvalue weighted by molar-refractivity contribution is 5.94. The Kier molecular flexibility index (Phi) is 4.93. The van der Waals surface area contributed by atoms with E-state index in [0.29, 0.717) is 6.54 Å². The lowest BCUT2D eigenvalue weighted by molar-refractivity contribution is -0.122. The molecular formula is C17H24N4O2. The third-order valence-corrected chi connectivity index (χ3v) is 4.67. The van der Waals surface area contributed by atoms with Crippen LogP contribution in [0.1, 0.15) is 34.3 Å². The predicted molar refractivity (Wildman–Crippen MR) is 88.0 cm³/mol. The monoisotopic (exact) mass is 316 g/mol. The number of piperidine rings is 1. The number of likely N-dealkylation sites (N-methyl/N-ethyl adjacent to an activating group) is 1. The van der Waals surface area contributed by atoms with Gasteiger partial charge in [-0.05, 0) is 36.1 Å². The summed E-state index contributed by atoms with van der Waals surface area (Å²) in [6.07, 6.45) is 1.77. The molecule has 3 rings (SSSR count). The number of hydrogen-bond donors (Lipinski definition) is 3. The number of fused-ring (bicyclic) bond motifs is 1. The van der Waals surface area contributed by atoms with E-state index >= 15 is 0 Å². The summed E-state index contributed by atoms with van der Waals surface area (Å²) in [4.78, 5) is 25.9. The number of hydrogen-bond acceptors (Lipinski definition) is 4. The van der Waals surface area contributed by atoms with E-state index in [0.717, 1.165) is 44.6 Å². The van der Waals surface area contributed by atoms with Gasteiger partial charge >= 0.3 is 0 Å². The Bertz CT molecular complexity index is 594. The zero-order valence-corrected chi connectivity index (χ0v) is 13.5. The second-order valence-electron chi connectivity index (χ2n) is 6.28. The Labute approximate surface area is 136 Å². The predicted octanol–water partition coefficient (Wildman–Crippen LogP) is 0.230. The number of nitrogens with zero attached hydrogens (tertiary/aromatic N) is 1. The van der Waals surface area contributed by atoms with Crippen molar-refractivity contribution in [3.05, 3.63) is 34.9 Å². The van der Waals surface area contributed by atoms with Gasteiger partial charge in [-0.1, -0.05) is 6.07 Å². The van der Waals surface area contributed by atoms with Crippen LogP contribution < -0.4 is 16.0 Å². The quantitative estimate of drug-likeness (QED) is 0.743. The molecule has 23 heavy (non-hydrogen) atoms. The molecule has 2 aliphatic heterocycles. The van der Waals surface area contributed by atoms with Crippen LogP contribution in [-0.4, -0.2) is 49.4 Å². The fourth-order valence-electron chi connectivity index (χ4n) is 3.22. The normalized spacial score (nSPS) is 18.5. The van der Waals surface area contributed by atoms with Crippen LogP contribution in [0.25, 0.3) is 0 Å². The summed E-state index contributed by atoms with van der Waals surface area (Å²) in [5.41, 5.74) is 3.24. The van der Waals surface area contributed by atoms with Crippen LogP contribution in [0.4, 0.5) is 0 Å². The average molecular weight is 316 g/mol. The maximum atomic E-state index is 12.4. The fourth-order valence-corrected chi connectivity index (χ4v) is 3.22. The molecule has 0 aromatic heterocycles. The van der Waals surface area contributed by atoms with Crippen LogP contribution in [0.3, 0.4) is 0 Å². The molecule has 0 unspecified atom stereocenters. The van der Waals surface area contributed by atoms with E-state index in [1.54, 1.807) is 7.05 Å². The molecule has 0 atom stereocenters. The second-order valence-corrected chi connectivity index (χ2v) is 6.28. The summed E-state index contributed by atoms with van der Waals surface area (Å²) in [5, 5.41) is 9.06. The molecule has 124 valence electrons. The Balaban J connectivity index is 1.50. The largest absolute Gasteiger partial charge is 0.358 e. The van der Waals surface area contributed by atoms with Crippen molar-refractivity contribution >= 4 is 11.8 Å². The van der Waals surface area contributed by atoms with Crippen molar-refractivity contribution in [2.75, 3.05) is 26.7 Å². The lowest BCUT2D eigenvalue weighted by atomic mass is 10.0. The zero-order valence-electron chi connectivity index (χ0n) is 13.5. The Morgan fingerprint density at radius 2 is 1.96 bits per heavy atom. The average Bonchev–Trinajstić information content (AvgIpc) is 3.04. The summed E-state index contributed by atoms with van der Waals surface area (Å²) in [6.45, 7) is 3.85. The zero-order chi connectivity index (χ0) is 16.2. The number of carbonyl (C=O) groups excluding carboxylic acids is 2. The number of carbonyl (C=O) groups is 2. The molecule has 0 spiro atoms. The molecule has 1 saturated heterocycles. The SMILES string of the molecule is CNC(=O)CN1CCC(NC(=O)c2ccc3c(c2)CNC3)CC1. The molecule has 0 aliphatic carbocycles. The molecule has 1 aromatic carbocycles. The van der Waals surface area contributed by atoms with Gasteiger partial charge in [0, 0.05) is 44.8 Å². The minimum absolute atomic E-state index is 0.00412. The van der Waals surface area contributed by atoms with E-state index in [4.69, 9.17) is 0 Å². The van der Waals surface area contributed by atoms with Crippen molar-refractivity contribution in [2.45, 2.75) is 32.0 Å². The maximum absolute atomic E-state index is 12.4. The number of rotatable bonds is 4. The number of nitrogens with one attached hydrogen (secondary N) is 3. The van der Waals surface area contributed by atoms with Crippen molar-refractivity contribution < 1.29 is 9.59 Å². The molecule has 2 amide bonds. The number of likely N-dealkylation sites (tertiary alicyclic amines) is 1. The highest BCUT2D eigenvalue weighted by atomic mass is 16.2. The van der Waals surface area contributed by atoms with Gasteiger partial charge < -0.3 is 16.0 Å². The third-order valence-electron chi connectivity index (χ3n) is 4.67. The second kappa shape index (κ2) is 7.10. The van der Waals surface area contributed by atoms with Crippen LogP contribution in [0.5, 0.6) is 0 Å². The minimum atomic E-state index is 0.00412. The third kappa shape index (κ3) is 3.89. The lowest BCUT2D eigenvalue weighted by Crippen LogP contribution is -2.47. The standard InChI is InChI=1S/C17H24N4O2/c1-18-16(22)11-21-6-4-15(5-7-21)20-17(23)12-2-3-13-9-19-10-14(13)8-12/h2-3,8,15,19H,4-7,9-11H2,1H3,(H,18,22)(H,20,23). The smallest absolute Gasteiger partial charge is 0.251 e. The molecule has 2 heterocycles. The van der Waals surface area contributed by atoms with E-state index in [-0.39, 0.29) is 17.9 Å². The molecular weight excluding hydrogens is 292 g/mol. The molecule has 6 nitrogen and oxygen atoms in total. The lowest BCUT2D eigenvalue weighted by Gasteiger charge is -2.31. The van der Waals surface area contributed by atoms with Crippen LogP contribution in [-0.2, 0) is 17.9 Å². The van der Waals surface area contributed by atoms with E-state index in [1.807, 2.05) is 18.2 Å². The van der Waals surface area contributed by atoms with Gasteiger partial charge in [-0.3, -0.25) is 14.5 Å². The molecule has 0 radical (unpaired) electrons. The molecule has 0 bridgehead atoms. The maximum Gasteiger partial charge on any atom is 0.251 e. The topological polar surface area (TPSA) is 73.5 Å². The van der Waals surface area contributed by atoms with E-state index in [1.165, 1.54) is 11.1 Å². The van der Waals surface area contributed by atoms with Gasteiger partial charge in [-0.2, -0.15) is 0 Å². The Hall–Kier alpha value is -1.92. The summed E-state index contributed by atoms with van der Waals surface area (Å²) in [7, 11) is 1.65. The van der Waals surface area contributed by atoms with Crippen LogP contribution in [0, 0.1) is 0 Å². The first-order chi connectivity index (χ1) is 11.2. The number of amides is 2. The van der Waals surface area contributed by atoms with Crippen LogP contribution in [0.2, 0.25) is 0 Å². The summed E-state index contributed by atoms with van der Waals surface area (Å²) in [6, 6.07) is 6.12. The van der Waals surface area contributed by atoms with Crippen molar-refractivity contribution in [1.29, 1.82) is 0 Å². The first-order valence-electron chi connectivity index (χ1n) is 8.22. The van der Waals surface area contributed by atoms with Gasteiger partial charge in [0.1, 0.15) is 0 Å². The van der Waals surface area contributed by atoms with Gasteiger partial charge in [0.05, 0.1) is 6.54 Å². The van der Waals surface area contributed by atoms with Crippen molar-refractivity contribution in [1.82, 2.24) is 20.9 Å². The van der Waals surface area contributed by atoms with Crippen molar-refractivity contribution in [2.24, 2.45) is 0 Å². The van der Waals surface area contributed by atoms with E-state index in [9.17, 15) is 9.59 Å². The first kappa shape index (κ1) is 16.0. The van der Waals surface area contributed by atoms with Gasteiger partial charge in [0.2, 0.25) is 5.91 Å². The molecule has 3 N–H and O–H groups in total. The van der Waals surface area contributed by atoms with Gasteiger partial charge in [0.15, 0.2) is 0 Å². The molecule has 2 aliphatic rings. The summed E-state index contributed by atoms with van der Waals surface area (Å²) >= 11 is 0. The molecule has 1 fully saturated rings. The van der Waals surface area contributed by atoms with E-state index < -0.39 is 0 Å². The van der Waals surface area contributed by atoms with Gasteiger partial charge in [-0.25, -0.2) is 0 Å².